The van der Waals surface area contributed by atoms with Crippen LogP contribution in [0.3, 0.4) is 0 Å². The van der Waals surface area contributed by atoms with E-state index in [1.54, 1.807) is 13.0 Å². The van der Waals surface area contributed by atoms with Crippen molar-refractivity contribution in [1.29, 1.82) is 0 Å². The number of aliphatic carboxylic acids is 1. The summed E-state index contributed by atoms with van der Waals surface area (Å²) in [5, 5.41) is 8.45. The second kappa shape index (κ2) is 11.9. The molecule has 0 aromatic heterocycles. The molecular weight excluding hydrogens is 266 g/mol. The van der Waals surface area contributed by atoms with Crippen molar-refractivity contribution < 1.29 is 29.0 Å². The van der Waals surface area contributed by atoms with E-state index in [0.717, 1.165) is 0 Å². The number of unbranched alkanes of at least 4 members (excludes halogenated alkanes) is 1. The quantitative estimate of drug-likeness (QED) is 0.375. The smallest absolute Gasteiger partial charge is 0.333 e. The first-order valence-corrected chi connectivity index (χ1v) is 5.83. The standard InChI is InChI=1S/C13H18O6.H3N/c1-3-6-12(16)18-7-4-5-8-19-13(17)10(2)9-11(14)15;/h3,6H,2,4-5,7-9H2,1H3,(H,14,15);1H3. The van der Waals surface area contributed by atoms with E-state index in [1.165, 1.54) is 6.08 Å². The minimum Gasteiger partial charge on any atom is -0.481 e. The van der Waals surface area contributed by atoms with Gasteiger partial charge in [-0.25, -0.2) is 9.59 Å². The van der Waals surface area contributed by atoms with Crippen LogP contribution >= 0.6 is 0 Å². The fourth-order valence-electron chi connectivity index (χ4n) is 1.08. The molecule has 0 bridgehead atoms. The topological polar surface area (TPSA) is 125 Å². The van der Waals surface area contributed by atoms with Crippen molar-refractivity contribution in [2.45, 2.75) is 26.2 Å². The first-order chi connectivity index (χ1) is 8.97. The van der Waals surface area contributed by atoms with E-state index in [9.17, 15) is 14.4 Å². The Kier molecular flexibility index (Phi) is 12.0. The summed E-state index contributed by atoms with van der Waals surface area (Å²) < 4.78 is 9.63. The first-order valence-electron chi connectivity index (χ1n) is 5.83. The monoisotopic (exact) mass is 287 g/mol. The molecule has 0 amide bonds. The Morgan fingerprint density at radius 2 is 1.70 bits per heavy atom. The number of ether oxygens (including phenoxy) is 2. The number of carboxylic acid groups (broad SMARTS) is 1. The molecule has 0 aromatic rings. The molecule has 0 aromatic carbocycles. The third-order valence-corrected chi connectivity index (χ3v) is 1.97. The van der Waals surface area contributed by atoms with Crippen LogP contribution in [0.1, 0.15) is 26.2 Å². The molecule has 0 aliphatic rings. The molecule has 0 unspecified atom stereocenters. The SMILES string of the molecule is C=C(CC(=O)O)C(=O)OCCCCOC(=O)C=CC.N. The van der Waals surface area contributed by atoms with Crippen molar-refractivity contribution in [1.82, 2.24) is 6.15 Å². The van der Waals surface area contributed by atoms with Crippen LogP contribution in [0.5, 0.6) is 0 Å². The number of carbonyl (C=O) groups is 3. The largest absolute Gasteiger partial charge is 0.481 e. The minimum atomic E-state index is -1.13. The van der Waals surface area contributed by atoms with Crippen LogP contribution in [-0.4, -0.2) is 36.2 Å². The number of hydrogen-bond donors (Lipinski definition) is 2. The number of esters is 2. The van der Waals surface area contributed by atoms with Crippen LogP contribution in [0, 0.1) is 0 Å². The maximum Gasteiger partial charge on any atom is 0.333 e. The van der Waals surface area contributed by atoms with Crippen LogP contribution in [0.15, 0.2) is 24.3 Å². The van der Waals surface area contributed by atoms with Gasteiger partial charge in [0.2, 0.25) is 0 Å². The summed E-state index contributed by atoms with van der Waals surface area (Å²) >= 11 is 0. The number of hydrogen-bond acceptors (Lipinski definition) is 6. The van der Waals surface area contributed by atoms with Gasteiger partial charge in [0.25, 0.3) is 0 Å². The van der Waals surface area contributed by atoms with Gasteiger partial charge in [0.1, 0.15) is 0 Å². The molecule has 20 heavy (non-hydrogen) atoms. The molecule has 0 radical (unpaired) electrons. The Morgan fingerprint density at radius 3 is 2.20 bits per heavy atom. The fraction of sp³-hybridized carbons (Fsp3) is 0.462. The van der Waals surface area contributed by atoms with Gasteiger partial charge in [0.15, 0.2) is 0 Å². The molecule has 0 spiro atoms. The number of carboxylic acids is 1. The average molecular weight is 287 g/mol. The molecule has 4 N–H and O–H groups in total. The van der Waals surface area contributed by atoms with Crippen molar-refractivity contribution in [3.8, 4) is 0 Å². The van der Waals surface area contributed by atoms with Crippen molar-refractivity contribution >= 4 is 17.9 Å². The second-order valence-electron chi connectivity index (χ2n) is 3.68. The van der Waals surface area contributed by atoms with Gasteiger partial charge in [0.05, 0.1) is 19.6 Å². The van der Waals surface area contributed by atoms with Crippen LogP contribution in [0.2, 0.25) is 0 Å². The molecule has 0 heterocycles. The normalized spacial score (nSPS) is 9.65. The lowest BCUT2D eigenvalue weighted by Gasteiger charge is -2.05. The third kappa shape index (κ3) is 11.0. The highest BCUT2D eigenvalue weighted by atomic mass is 16.5. The zero-order valence-corrected chi connectivity index (χ0v) is 11.6. The maximum absolute atomic E-state index is 11.2. The predicted octanol–water partition coefficient (Wildman–Crippen LogP) is 1.62. The Balaban J connectivity index is 0. The molecule has 0 rings (SSSR count). The van der Waals surface area contributed by atoms with E-state index in [4.69, 9.17) is 14.6 Å². The van der Waals surface area contributed by atoms with E-state index in [2.05, 4.69) is 6.58 Å². The lowest BCUT2D eigenvalue weighted by atomic mass is 10.2. The maximum atomic E-state index is 11.2. The molecule has 0 aliphatic carbocycles. The lowest BCUT2D eigenvalue weighted by Crippen LogP contribution is -2.12. The van der Waals surface area contributed by atoms with Crippen LogP contribution in [0.25, 0.3) is 0 Å². The molecule has 0 saturated heterocycles. The van der Waals surface area contributed by atoms with Gasteiger partial charge in [-0.2, -0.15) is 0 Å². The van der Waals surface area contributed by atoms with E-state index in [0.29, 0.717) is 12.8 Å². The van der Waals surface area contributed by atoms with Gasteiger partial charge in [0, 0.05) is 11.6 Å². The zero-order valence-electron chi connectivity index (χ0n) is 11.6. The lowest BCUT2D eigenvalue weighted by molar-refractivity contribution is -0.143. The van der Waals surface area contributed by atoms with Gasteiger partial charge in [-0.15, -0.1) is 0 Å². The molecule has 7 heteroatoms. The molecule has 114 valence electrons. The second-order valence-corrected chi connectivity index (χ2v) is 3.68. The molecule has 7 nitrogen and oxygen atoms in total. The Morgan fingerprint density at radius 1 is 1.15 bits per heavy atom. The Hall–Kier alpha value is -2.15. The highest BCUT2D eigenvalue weighted by Crippen LogP contribution is 2.02. The summed E-state index contributed by atoms with van der Waals surface area (Å²) in [5.74, 6) is -2.25. The van der Waals surface area contributed by atoms with E-state index >= 15 is 0 Å². The van der Waals surface area contributed by atoms with Gasteiger partial charge in [-0.05, 0) is 19.8 Å². The van der Waals surface area contributed by atoms with Crippen molar-refractivity contribution in [3.05, 3.63) is 24.3 Å². The highest BCUT2D eigenvalue weighted by Gasteiger charge is 2.11. The number of rotatable bonds is 9. The van der Waals surface area contributed by atoms with Crippen LogP contribution in [-0.2, 0) is 23.9 Å². The molecule has 0 saturated carbocycles. The predicted molar refractivity (Wildman–Crippen MR) is 72.4 cm³/mol. The summed E-state index contributed by atoms with van der Waals surface area (Å²) in [6.45, 7) is 5.42. The first kappa shape index (κ1) is 20.2. The van der Waals surface area contributed by atoms with E-state index in [-0.39, 0.29) is 24.9 Å². The van der Waals surface area contributed by atoms with Gasteiger partial charge in [-0.3, -0.25) is 4.79 Å². The summed E-state index contributed by atoms with van der Waals surface area (Å²) in [6.07, 6.45) is 3.55. The van der Waals surface area contributed by atoms with Gasteiger partial charge < -0.3 is 20.7 Å². The molecule has 0 aliphatic heterocycles. The summed E-state index contributed by atoms with van der Waals surface area (Å²) in [6, 6.07) is 0. The summed E-state index contributed by atoms with van der Waals surface area (Å²) in [5.41, 5.74) is -0.0907. The molecule has 0 fully saturated rings. The van der Waals surface area contributed by atoms with Crippen LogP contribution < -0.4 is 6.15 Å². The van der Waals surface area contributed by atoms with Gasteiger partial charge >= 0.3 is 17.9 Å². The average Bonchev–Trinajstić information content (AvgIpc) is 2.32. The number of carbonyl (C=O) groups excluding carboxylic acids is 2. The number of allylic oxidation sites excluding steroid dienone is 1. The van der Waals surface area contributed by atoms with Crippen LogP contribution in [0.4, 0.5) is 0 Å². The minimum absolute atomic E-state index is 0. The molecule has 0 atom stereocenters. The van der Waals surface area contributed by atoms with E-state index < -0.39 is 24.3 Å². The zero-order chi connectivity index (χ0) is 14.7. The Bertz CT molecular complexity index is 375. The highest BCUT2D eigenvalue weighted by molar-refractivity contribution is 5.92. The third-order valence-electron chi connectivity index (χ3n) is 1.97. The Labute approximate surface area is 117 Å². The summed E-state index contributed by atoms with van der Waals surface area (Å²) in [4.78, 5) is 32.5. The molecular formula is C13H21NO6. The summed E-state index contributed by atoms with van der Waals surface area (Å²) in [7, 11) is 0. The van der Waals surface area contributed by atoms with Crippen molar-refractivity contribution in [2.75, 3.05) is 13.2 Å². The van der Waals surface area contributed by atoms with Crippen molar-refractivity contribution in [2.24, 2.45) is 0 Å². The van der Waals surface area contributed by atoms with Crippen molar-refractivity contribution in [3.63, 3.8) is 0 Å². The fourth-order valence-corrected chi connectivity index (χ4v) is 1.08. The van der Waals surface area contributed by atoms with E-state index in [1.807, 2.05) is 0 Å². The van der Waals surface area contributed by atoms with Gasteiger partial charge in [-0.1, -0.05) is 12.7 Å².